The van der Waals surface area contributed by atoms with Gasteiger partial charge < -0.3 is 15.6 Å². The summed E-state index contributed by atoms with van der Waals surface area (Å²) in [4.78, 5) is 0. The molecule has 0 radical (unpaired) electrons. The Morgan fingerprint density at radius 2 is 2.22 bits per heavy atom. The van der Waals surface area contributed by atoms with E-state index in [1.807, 2.05) is 0 Å². The molecule has 0 unspecified atom stereocenters. The van der Waals surface area contributed by atoms with Crippen molar-refractivity contribution in [3.63, 3.8) is 0 Å². The van der Waals surface area contributed by atoms with Crippen LogP contribution in [0.3, 0.4) is 0 Å². The number of halogens is 1. The lowest BCUT2D eigenvalue weighted by Gasteiger charge is -2.05. The third kappa shape index (κ3) is 8.17. The number of methoxy groups -OCH3 is 1. The van der Waals surface area contributed by atoms with Gasteiger partial charge in [-0.25, -0.2) is 0 Å². The van der Waals surface area contributed by atoms with Gasteiger partial charge in [0.25, 0.3) is 0 Å². The van der Waals surface area contributed by atoms with Crippen molar-refractivity contribution in [2.24, 2.45) is 5.73 Å². The number of hydrogen-bond acceptors (Lipinski definition) is 3. The van der Waals surface area contributed by atoms with Gasteiger partial charge in [0.05, 0.1) is 6.61 Å². The van der Waals surface area contributed by atoms with E-state index in [1.165, 1.54) is 0 Å². The smallest absolute Gasteiger partial charge is 0.0614 e. The average Bonchev–Trinajstić information content (AvgIpc) is 1.68. The van der Waals surface area contributed by atoms with E-state index in [0.717, 1.165) is 0 Å². The Labute approximate surface area is 61.6 Å². The van der Waals surface area contributed by atoms with Crippen LogP contribution in [-0.4, -0.2) is 31.5 Å². The largest absolute Gasteiger partial charge is 0.396 e. The summed E-state index contributed by atoms with van der Waals surface area (Å²) in [6.45, 7) is 0.672. The van der Waals surface area contributed by atoms with Crippen LogP contribution >= 0.6 is 12.4 Å². The molecule has 0 aromatic rings. The molecule has 0 bridgehead atoms. The highest BCUT2D eigenvalue weighted by Gasteiger charge is 1.97. The molecule has 0 aromatic heterocycles. The fourth-order valence-corrected chi connectivity index (χ4v) is 0.463. The van der Waals surface area contributed by atoms with Crippen LogP contribution in [0.15, 0.2) is 0 Å². The molecule has 3 N–H and O–H groups in total. The van der Waals surface area contributed by atoms with E-state index in [0.29, 0.717) is 13.0 Å². The fourth-order valence-electron chi connectivity index (χ4n) is 0.463. The first-order valence-corrected chi connectivity index (χ1v) is 2.66. The average molecular weight is 156 g/mol. The van der Waals surface area contributed by atoms with Gasteiger partial charge >= 0.3 is 0 Å². The highest BCUT2D eigenvalue weighted by atomic mass is 35.5. The number of hydrogen-bond donors (Lipinski definition) is 2. The van der Waals surface area contributed by atoms with E-state index < -0.39 is 0 Å². The first-order chi connectivity index (χ1) is 3.81. The minimum atomic E-state index is -0.00926. The van der Waals surface area contributed by atoms with Gasteiger partial charge in [0, 0.05) is 19.8 Å². The highest BCUT2D eigenvalue weighted by molar-refractivity contribution is 5.85. The minimum absolute atomic E-state index is 0. The van der Waals surface area contributed by atoms with Gasteiger partial charge in [0.1, 0.15) is 0 Å². The lowest BCUT2D eigenvalue weighted by atomic mass is 10.2. The topological polar surface area (TPSA) is 55.5 Å². The summed E-state index contributed by atoms with van der Waals surface area (Å²) < 4.78 is 4.72. The molecule has 0 saturated heterocycles. The second kappa shape index (κ2) is 8.17. The van der Waals surface area contributed by atoms with Crippen LogP contribution in [0.2, 0.25) is 0 Å². The van der Waals surface area contributed by atoms with Gasteiger partial charge in [-0.1, -0.05) is 0 Å². The maximum Gasteiger partial charge on any atom is 0.0614 e. The second-order valence-corrected chi connectivity index (χ2v) is 1.73. The molecule has 0 amide bonds. The zero-order valence-electron chi connectivity index (χ0n) is 5.54. The number of rotatable bonds is 4. The van der Waals surface area contributed by atoms with E-state index in [2.05, 4.69) is 0 Å². The van der Waals surface area contributed by atoms with Gasteiger partial charge in [-0.2, -0.15) is 0 Å². The molecule has 0 aliphatic heterocycles. The van der Waals surface area contributed by atoms with Crippen molar-refractivity contribution in [1.82, 2.24) is 0 Å². The highest BCUT2D eigenvalue weighted by Crippen LogP contribution is 1.84. The van der Waals surface area contributed by atoms with Crippen LogP contribution in [0, 0.1) is 0 Å². The van der Waals surface area contributed by atoms with Gasteiger partial charge in [-0.15, -0.1) is 12.4 Å². The summed E-state index contributed by atoms with van der Waals surface area (Å²) in [5, 5.41) is 8.33. The zero-order valence-corrected chi connectivity index (χ0v) is 6.36. The molecule has 0 aliphatic rings. The summed E-state index contributed by atoms with van der Waals surface area (Å²) in [7, 11) is 1.59. The third-order valence-corrected chi connectivity index (χ3v) is 0.881. The Morgan fingerprint density at radius 1 is 1.67 bits per heavy atom. The molecule has 9 heavy (non-hydrogen) atoms. The van der Waals surface area contributed by atoms with Gasteiger partial charge in [-0.05, 0) is 6.42 Å². The lowest BCUT2D eigenvalue weighted by molar-refractivity contribution is 0.164. The molecule has 0 spiro atoms. The Kier molecular flexibility index (Phi) is 10.8. The Hall–Kier alpha value is 0.170. The van der Waals surface area contributed by atoms with E-state index in [-0.39, 0.29) is 25.1 Å². The lowest BCUT2D eigenvalue weighted by Crippen LogP contribution is -2.26. The van der Waals surface area contributed by atoms with Crippen LogP contribution in [-0.2, 0) is 4.74 Å². The minimum Gasteiger partial charge on any atom is -0.396 e. The summed E-state index contributed by atoms with van der Waals surface area (Å²) in [6, 6.07) is -0.00926. The van der Waals surface area contributed by atoms with E-state index in [4.69, 9.17) is 15.6 Å². The predicted molar refractivity (Wildman–Crippen MR) is 38.8 cm³/mol. The number of nitrogens with two attached hydrogens (primary N) is 1. The molecular weight excluding hydrogens is 142 g/mol. The summed E-state index contributed by atoms with van der Waals surface area (Å²) >= 11 is 0. The van der Waals surface area contributed by atoms with Crippen molar-refractivity contribution < 1.29 is 9.84 Å². The Balaban J connectivity index is 0. The molecule has 0 heterocycles. The molecule has 0 fully saturated rings. The van der Waals surface area contributed by atoms with Crippen molar-refractivity contribution in [2.75, 3.05) is 20.3 Å². The van der Waals surface area contributed by atoms with Crippen LogP contribution in [0.5, 0.6) is 0 Å². The van der Waals surface area contributed by atoms with Crippen LogP contribution in [0.25, 0.3) is 0 Å². The SMILES string of the molecule is COC[C@@H](N)CCO.Cl. The van der Waals surface area contributed by atoms with Gasteiger partial charge in [-0.3, -0.25) is 0 Å². The van der Waals surface area contributed by atoms with Crippen LogP contribution < -0.4 is 5.73 Å². The van der Waals surface area contributed by atoms with E-state index >= 15 is 0 Å². The van der Waals surface area contributed by atoms with Crippen molar-refractivity contribution >= 4 is 12.4 Å². The normalized spacial score (nSPS) is 12.3. The first-order valence-electron chi connectivity index (χ1n) is 2.66. The summed E-state index contributed by atoms with van der Waals surface area (Å²) in [6.07, 6.45) is 0.619. The second-order valence-electron chi connectivity index (χ2n) is 1.73. The zero-order chi connectivity index (χ0) is 6.41. The maximum atomic E-state index is 8.33. The maximum absolute atomic E-state index is 8.33. The number of aliphatic hydroxyl groups is 1. The number of ether oxygens (including phenoxy) is 1. The summed E-state index contributed by atoms with van der Waals surface area (Å²) in [5.41, 5.74) is 5.41. The van der Waals surface area contributed by atoms with E-state index in [9.17, 15) is 0 Å². The van der Waals surface area contributed by atoms with Crippen molar-refractivity contribution in [3.8, 4) is 0 Å². The van der Waals surface area contributed by atoms with Gasteiger partial charge in [0.15, 0.2) is 0 Å². The molecule has 58 valence electrons. The predicted octanol–water partition coefficient (Wildman–Crippen LogP) is -0.236. The Bertz CT molecular complexity index is 48.2. The summed E-state index contributed by atoms with van der Waals surface area (Å²) in [5.74, 6) is 0. The van der Waals surface area contributed by atoms with E-state index in [1.54, 1.807) is 7.11 Å². The van der Waals surface area contributed by atoms with Crippen LogP contribution in [0.4, 0.5) is 0 Å². The molecule has 3 nitrogen and oxygen atoms in total. The molecule has 0 rings (SSSR count). The first kappa shape index (κ1) is 11.9. The quantitative estimate of drug-likeness (QED) is 0.590. The van der Waals surface area contributed by atoms with Crippen LogP contribution in [0.1, 0.15) is 6.42 Å². The monoisotopic (exact) mass is 155 g/mol. The molecule has 0 aliphatic carbocycles. The molecule has 0 aromatic carbocycles. The fraction of sp³-hybridized carbons (Fsp3) is 1.00. The molecular formula is C5H14ClNO2. The molecule has 4 heteroatoms. The van der Waals surface area contributed by atoms with Crippen molar-refractivity contribution in [1.29, 1.82) is 0 Å². The number of aliphatic hydroxyl groups excluding tert-OH is 1. The standard InChI is InChI=1S/C5H13NO2.ClH/c1-8-4-5(6)2-3-7;/h5,7H,2-4,6H2,1H3;1H/t5-;/m0./s1. The molecule has 0 saturated carbocycles. The third-order valence-electron chi connectivity index (χ3n) is 0.881. The van der Waals surface area contributed by atoms with Gasteiger partial charge in [0.2, 0.25) is 0 Å². The van der Waals surface area contributed by atoms with Crippen molar-refractivity contribution in [2.45, 2.75) is 12.5 Å². The molecule has 1 atom stereocenters. The Morgan fingerprint density at radius 3 is 2.56 bits per heavy atom. The van der Waals surface area contributed by atoms with Crippen molar-refractivity contribution in [3.05, 3.63) is 0 Å².